The van der Waals surface area contributed by atoms with E-state index in [4.69, 9.17) is 14.7 Å². The monoisotopic (exact) mass is 312 g/mol. The van der Waals surface area contributed by atoms with Crippen molar-refractivity contribution in [3.63, 3.8) is 0 Å². The summed E-state index contributed by atoms with van der Waals surface area (Å²) in [5, 5.41) is 3.79. The molecule has 0 fully saturated rings. The molecule has 1 aromatic rings. The van der Waals surface area contributed by atoms with Crippen LogP contribution in [0.3, 0.4) is 0 Å². The van der Waals surface area contributed by atoms with Gasteiger partial charge in [0.2, 0.25) is 0 Å². The third-order valence-corrected chi connectivity index (χ3v) is 10.6. The Labute approximate surface area is 130 Å². The van der Waals surface area contributed by atoms with E-state index < -0.39 is 8.32 Å². The molecule has 1 heterocycles. The predicted molar refractivity (Wildman–Crippen MR) is 90.9 cm³/mol. The molecular formula is C16H32N2O2Si. The second kappa shape index (κ2) is 6.52. The van der Waals surface area contributed by atoms with Crippen LogP contribution in [-0.4, -0.2) is 20.1 Å². The number of nitrogen functional groups attached to an aromatic ring is 1. The zero-order valence-electron chi connectivity index (χ0n) is 14.9. The molecule has 1 aromatic heterocycles. The van der Waals surface area contributed by atoms with Crippen molar-refractivity contribution in [2.45, 2.75) is 77.4 Å². The van der Waals surface area contributed by atoms with Crippen molar-refractivity contribution in [1.82, 2.24) is 5.16 Å². The normalized spacial score (nSPS) is 13.7. The predicted octanol–water partition coefficient (Wildman–Crippen LogP) is 4.73. The van der Waals surface area contributed by atoms with Crippen molar-refractivity contribution in [3.8, 4) is 0 Å². The summed E-state index contributed by atoms with van der Waals surface area (Å²) in [7, 11) is -1.86. The van der Waals surface area contributed by atoms with Gasteiger partial charge in [-0.05, 0) is 16.6 Å². The molecule has 0 atom stereocenters. The summed E-state index contributed by atoms with van der Waals surface area (Å²) < 4.78 is 12.0. The van der Waals surface area contributed by atoms with Crippen LogP contribution in [0.5, 0.6) is 0 Å². The molecule has 5 heteroatoms. The van der Waals surface area contributed by atoms with Gasteiger partial charge >= 0.3 is 0 Å². The average Bonchev–Trinajstić information content (AvgIpc) is 2.75. The van der Waals surface area contributed by atoms with Crippen molar-refractivity contribution in [2.24, 2.45) is 0 Å². The molecule has 0 aliphatic heterocycles. The maximum atomic E-state index is 6.65. The quantitative estimate of drug-likeness (QED) is 0.740. The lowest BCUT2D eigenvalue weighted by Crippen LogP contribution is -2.49. The summed E-state index contributed by atoms with van der Waals surface area (Å²) >= 11 is 0. The fraction of sp³-hybridized carbons (Fsp3) is 0.812. The van der Waals surface area contributed by atoms with Crippen LogP contribution < -0.4 is 5.73 Å². The molecule has 0 spiro atoms. The molecule has 122 valence electrons. The van der Waals surface area contributed by atoms with E-state index in [1.54, 1.807) is 6.07 Å². The molecular weight excluding hydrogens is 280 g/mol. The third-order valence-electron chi connectivity index (χ3n) is 4.59. The number of nitrogens with zero attached hydrogens (tertiary/aromatic N) is 1. The number of rotatable bonds is 7. The minimum absolute atomic E-state index is 0.221. The number of anilines is 1. The molecule has 0 bridgehead atoms. The van der Waals surface area contributed by atoms with Crippen LogP contribution in [0.15, 0.2) is 10.6 Å². The maximum absolute atomic E-state index is 6.65. The van der Waals surface area contributed by atoms with Crippen LogP contribution in [0.1, 0.15) is 61.2 Å². The topological polar surface area (TPSA) is 61.3 Å². The highest BCUT2D eigenvalue weighted by Crippen LogP contribution is 2.43. The molecule has 2 N–H and O–H groups in total. The van der Waals surface area contributed by atoms with Crippen LogP contribution in [-0.2, 0) is 9.84 Å². The standard InChI is InChI=1S/C16H32N2O2Si/c1-11(2)21(12(3)4,13(5)6)19-10-16(7,8)14-9-15(17)18-20-14/h9,11-13H,10H2,1-8H3,(H2,17,18). The summed E-state index contributed by atoms with van der Waals surface area (Å²) in [5.41, 5.74) is 7.18. The summed E-state index contributed by atoms with van der Waals surface area (Å²) in [4.78, 5) is 0. The first-order valence-corrected chi connectivity index (χ1v) is 10.0. The fourth-order valence-electron chi connectivity index (χ4n) is 3.48. The Morgan fingerprint density at radius 3 is 1.95 bits per heavy atom. The highest BCUT2D eigenvalue weighted by atomic mass is 28.4. The molecule has 0 aliphatic rings. The van der Waals surface area contributed by atoms with E-state index in [0.29, 0.717) is 29.0 Å². The lowest BCUT2D eigenvalue weighted by Gasteiger charge is -2.43. The fourth-order valence-corrected chi connectivity index (χ4v) is 9.10. The van der Waals surface area contributed by atoms with Gasteiger partial charge in [0.05, 0.1) is 0 Å². The smallest absolute Gasteiger partial charge is 0.200 e. The zero-order valence-corrected chi connectivity index (χ0v) is 15.9. The zero-order chi connectivity index (χ0) is 16.4. The van der Waals surface area contributed by atoms with Gasteiger partial charge in [-0.2, -0.15) is 0 Å². The number of aromatic nitrogens is 1. The Balaban J connectivity index is 2.96. The van der Waals surface area contributed by atoms with Gasteiger partial charge in [-0.25, -0.2) is 0 Å². The van der Waals surface area contributed by atoms with Crippen LogP contribution in [0.25, 0.3) is 0 Å². The summed E-state index contributed by atoms with van der Waals surface area (Å²) in [6, 6.07) is 1.80. The first-order chi connectivity index (χ1) is 9.54. The maximum Gasteiger partial charge on any atom is 0.200 e. The molecule has 0 amide bonds. The first-order valence-electron chi connectivity index (χ1n) is 7.90. The van der Waals surface area contributed by atoms with Gasteiger partial charge in [0.1, 0.15) is 5.76 Å². The number of nitrogens with two attached hydrogens (primary N) is 1. The van der Waals surface area contributed by atoms with E-state index in [9.17, 15) is 0 Å². The Morgan fingerprint density at radius 1 is 1.14 bits per heavy atom. The van der Waals surface area contributed by atoms with Crippen molar-refractivity contribution in [2.75, 3.05) is 12.3 Å². The highest BCUT2D eigenvalue weighted by Gasteiger charge is 2.46. The largest absolute Gasteiger partial charge is 0.415 e. The summed E-state index contributed by atoms with van der Waals surface area (Å²) in [6.45, 7) is 18.7. The van der Waals surface area contributed by atoms with Crippen LogP contribution in [0.2, 0.25) is 16.6 Å². The molecule has 0 saturated heterocycles. The Kier molecular flexibility index (Phi) is 5.67. The van der Waals surface area contributed by atoms with Crippen LogP contribution in [0, 0.1) is 0 Å². The van der Waals surface area contributed by atoms with E-state index in [0.717, 1.165) is 5.76 Å². The van der Waals surface area contributed by atoms with Crippen molar-refractivity contribution >= 4 is 14.1 Å². The minimum atomic E-state index is -1.86. The van der Waals surface area contributed by atoms with Crippen molar-refractivity contribution in [3.05, 3.63) is 11.8 Å². The highest BCUT2D eigenvalue weighted by molar-refractivity contribution is 6.77. The van der Waals surface area contributed by atoms with Crippen LogP contribution >= 0.6 is 0 Å². The Morgan fingerprint density at radius 2 is 1.62 bits per heavy atom. The summed E-state index contributed by atoms with van der Waals surface area (Å²) in [5.74, 6) is 1.22. The van der Waals surface area contributed by atoms with Gasteiger partial charge in [0, 0.05) is 18.1 Å². The third kappa shape index (κ3) is 3.69. The van der Waals surface area contributed by atoms with Gasteiger partial charge in [-0.15, -0.1) is 0 Å². The lowest BCUT2D eigenvalue weighted by molar-refractivity contribution is 0.185. The van der Waals surface area contributed by atoms with Gasteiger partial charge < -0.3 is 14.7 Å². The molecule has 1 rings (SSSR count). The SMILES string of the molecule is CC(C)[Si](OCC(C)(C)c1cc(N)no1)(C(C)C)C(C)C. The molecule has 0 unspecified atom stereocenters. The lowest BCUT2D eigenvalue weighted by atomic mass is 9.92. The Hall–Kier alpha value is -0.813. The second-order valence-corrected chi connectivity index (χ2v) is 13.1. The van der Waals surface area contributed by atoms with Gasteiger partial charge in [0.25, 0.3) is 0 Å². The number of hydrogen-bond donors (Lipinski definition) is 1. The van der Waals surface area contributed by atoms with E-state index in [-0.39, 0.29) is 5.41 Å². The number of hydrogen-bond acceptors (Lipinski definition) is 4. The van der Waals surface area contributed by atoms with E-state index in [2.05, 4.69) is 60.5 Å². The van der Waals surface area contributed by atoms with E-state index in [1.165, 1.54) is 0 Å². The first kappa shape index (κ1) is 18.2. The average molecular weight is 313 g/mol. The van der Waals surface area contributed by atoms with Gasteiger partial charge in [-0.1, -0.05) is 60.5 Å². The minimum Gasteiger partial charge on any atom is -0.415 e. The van der Waals surface area contributed by atoms with E-state index in [1.807, 2.05) is 0 Å². The second-order valence-electron chi connectivity index (χ2n) is 7.61. The molecule has 0 aromatic carbocycles. The molecule has 4 nitrogen and oxygen atoms in total. The van der Waals surface area contributed by atoms with Crippen LogP contribution in [0.4, 0.5) is 5.82 Å². The molecule has 0 aliphatic carbocycles. The van der Waals surface area contributed by atoms with Gasteiger partial charge in [-0.3, -0.25) is 0 Å². The summed E-state index contributed by atoms with van der Waals surface area (Å²) in [6.07, 6.45) is 0. The van der Waals surface area contributed by atoms with E-state index >= 15 is 0 Å². The van der Waals surface area contributed by atoms with Crippen molar-refractivity contribution in [1.29, 1.82) is 0 Å². The Bertz CT molecular complexity index is 431. The van der Waals surface area contributed by atoms with Crippen molar-refractivity contribution < 1.29 is 8.95 Å². The molecule has 0 radical (unpaired) electrons. The molecule has 21 heavy (non-hydrogen) atoms. The van der Waals surface area contributed by atoms with Gasteiger partial charge in [0.15, 0.2) is 14.1 Å². The molecule has 0 saturated carbocycles.